The highest BCUT2D eigenvalue weighted by atomic mass is 35.5. The lowest BCUT2D eigenvalue weighted by atomic mass is 10.2. The number of aromatic amines is 1. The molecule has 10 heteroatoms. The molecule has 0 bridgehead atoms. The van der Waals surface area contributed by atoms with Crippen molar-refractivity contribution >= 4 is 34.4 Å². The third-order valence-corrected chi connectivity index (χ3v) is 5.42. The van der Waals surface area contributed by atoms with Crippen LogP contribution in [0.4, 0.5) is 5.95 Å². The Morgan fingerprint density at radius 2 is 1.83 bits per heavy atom. The molecule has 1 saturated heterocycles. The van der Waals surface area contributed by atoms with Crippen LogP contribution in [0.1, 0.15) is 12.8 Å². The molecular formula is C20H21ClN6O3. The minimum absolute atomic E-state index is 0.0145. The van der Waals surface area contributed by atoms with Crippen molar-refractivity contribution in [2.75, 3.05) is 31.1 Å². The fourth-order valence-electron chi connectivity index (χ4n) is 3.59. The minimum atomic E-state index is -0.501. The van der Waals surface area contributed by atoms with Crippen LogP contribution in [0.5, 0.6) is 0 Å². The number of aromatic nitrogens is 4. The van der Waals surface area contributed by atoms with Crippen molar-refractivity contribution in [3.63, 3.8) is 0 Å². The van der Waals surface area contributed by atoms with Gasteiger partial charge in [-0.15, -0.1) is 0 Å². The summed E-state index contributed by atoms with van der Waals surface area (Å²) in [6.45, 7) is 2.70. The third-order valence-electron chi connectivity index (χ3n) is 5.18. The SMILES string of the molecule is O=C(CCCn1c(=O)[nH]c2cc(Cl)ccc2c1=O)N1CCN(c2ncccn2)CC1. The van der Waals surface area contributed by atoms with Gasteiger partial charge in [0.1, 0.15) is 0 Å². The summed E-state index contributed by atoms with van der Waals surface area (Å²) in [7, 11) is 0. The molecule has 1 N–H and O–H groups in total. The van der Waals surface area contributed by atoms with Crippen LogP contribution >= 0.6 is 11.6 Å². The van der Waals surface area contributed by atoms with E-state index in [9.17, 15) is 14.4 Å². The van der Waals surface area contributed by atoms with Gasteiger partial charge in [0, 0.05) is 56.6 Å². The number of H-pyrrole nitrogens is 1. The molecule has 156 valence electrons. The second-order valence-corrected chi connectivity index (χ2v) is 7.53. The lowest BCUT2D eigenvalue weighted by Crippen LogP contribution is -2.49. The number of carbonyl (C=O) groups is 1. The number of amides is 1. The Morgan fingerprint density at radius 1 is 1.10 bits per heavy atom. The molecule has 1 aliphatic rings. The van der Waals surface area contributed by atoms with Crippen molar-refractivity contribution in [1.82, 2.24) is 24.4 Å². The van der Waals surface area contributed by atoms with Gasteiger partial charge in [-0.3, -0.25) is 14.2 Å². The molecule has 1 aromatic carbocycles. The summed E-state index contributed by atoms with van der Waals surface area (Å²) in [5.41, 5.74) is -0.474. The summed E-state index contributed by atoms with van der Waals surface area (Å²) in [4.78, 5) is 52.4. The van der Waals surface area contributed by atoms with Gasteiger partial charge in [-0.25, -0.2) is 14.8 Å². The number of hydrogen-bond acceptors (Lipinski definition) is 6. The molecule has 3 heterocycles. The van der Waals surface area contributed by atoms with E-state index in [1.165, 1.54) is 0 Å². The van der Waals surface area contributed by atoms with Crippen LogP contribution in [0.2, 0.25) is 5.02 Å². The van der Waals surface area contributed by atoms with Crippen LogP contribution in [0, 0.1) is 0 Å². The van der Waals surface area contributed by atoms with Crippen LogP contribution in [0.3, 0.4) is 0 Å². The zero-order valence-corrected chi connectivity index (χ0v) is 17.0. The summed E-state index contributed by atoms with van der Waals surface area (Å²) in [5, 5.41) is 0.837. The predicted octanol–water partition coefficient (Wildman–Crippen LogP) is 1.26. The topological polar surface area (TPSA) is 104 Å². The molecule has 0 spiro atoms. The summed E-state index contributed by atoms with van der Waals surface area (Å²) >= 11 is 5.92. The lowest BCUT2D eigenvalue weighted by molar-refractivity contribution is -0.131. The Hall–Kier alpha value is -3.20. The number of nitrogens with zero attached hydrogens (tertiary/aromatic N) is 5. The smallest absolute Gasteiger partial charge is 0.328 e. The maximum absolute atomic E-state index is 12.6. The standard InChI is InChI=1S/C20H21ClN6O3/c21-14-4-5-15-16(13-14)24-20(30)27(18(15)29)8-1-3-17(28)25-9-11-26(12-10-25)19-22-6-2-7-23-19/h2,4-7,13H,1,3,8-12H2,(H,24,30). The maximum Gasteiger partial charge on any atom is 0.328 e. The molecular weight excluding hydrogens is 408 g/mol. The number of carbonyl (C=O) groups excluding carboxylic acids is 1. The number of nitrogens with one attached hydrogen (secondary N) is 1. The van der Waals surface area contributed by atoms with Gasteiger partial charge >= 0.3 is 5.69 Å². The first-order valence-electron chi connectivity index (χ1n) is 9.75. The van der Waals surface area contributed by atoms with E-state index in [0.29, 0.717) is 54.5 Å². The van der Waals surface area contributed by atoms with Crippen molar-refractivity contribution in [2.45, 2.75) is 19.4 Å². The number of benzene rings is 1. The highest BCUT2D eigenvalue weighted by Crippen LogP contribution is 2.14. The lowest BCUT2D eigenvalue weighted by Gasteiger charge is -2.34. The summed E-state index contributed by atoms with van der Waals surface area (Å²) in [6, 6.07) is 6.52. The van der Waals surface area contributed by atoms with E-state index < -0.39 is 5.69 Å². The zero-order valence-electron chi connectivity index (χ0n) is 16.3. The quantitative estimate of drug-likeness (QED) is 0.656. The van der Waals surface area contributed by atoms with E-state index in [2.05, 4.69) is 15.0 Å². The first-order chi connectivity index (χ1) is 14.5. The number of hydrogen-bond donors (Lipinski definition) is 1. The highest BCUT2D eigenvalue weighted by Gasteiger charge is 2.22. The molecule has 1 aliphatic heterocycles. The van der Waals surface area contributed by atoms with E-state index in [4.69, 9.17) is 11.6 Å². The van der Waals surface area contributed by atoms with Gasteiger partial charge in [0.05, 0.1) is 10.9 Å². The van der Waals surface area contributed by atoms with Gasteiger partial charge in [-0.1, -0.05) is 11.6 Å². The molecule has 0 atom stereocenters. The second-order valence-electron chi connectivity index (χ2n) is 7.10. The van der Waals surface area contributed by atoms with E-state index >= 15 is 0 Å². The molecule has 3 aromatic rings. The molecule has 4 rings (SSSR count). The van der Waals surface area contributed by atoms with Crippen LogP contribution < -0.4 is 16.1 Å². The van der Waals surface area contributed by atoms with Crippen LogP contribution in [0.15, 0.2) is 46.2 Å². The van der Waals surface area contributed by atoms with E-state index in [1.54, 1.807) is 41.6 Å². The van der Waals surface area contributed by atoms with Gasteiger partial charge in [0.2, 0.25) is 11.9 Å². The monoisotopic (exact) mass is 428 g/mol. The van der Waals surface area contributed by atoms with E-state index in [-0.39, 0.29) is 24.4 Å². The van der Waals surface area contributed by atoms with Crippen LogP contribution in [-0.4, -0.2) is 56.5 Å². The summed E-state index contributed by atoms with van der Waals surface area (Å²) < 4.78 is 1.13. The average Bonchev–Trinajstić information content (AvgIpc) is 2.76. The molecule has 0 radical (unpaired) electrons. The van der Waals surface area contributed by atoms with Crippen molar-refractivity contribution in [2.24, 2.45) is 0 Å². The molecule has 2 aromatic heterocycles. The zero-order chi connectivity index (χ0) is 21.1. The molecule has 1 amide bonds. The summed E-state index contributed by atoms with van der Waals surface area (Å²) in [5.74, 6) is 0.682. The van der Waals surface area contributed by atoms with E-state index in [0.717, 1.165) is 4.57 Å². The first-order valence-corrected chi connectivity index (χ1v) is 10.1. The molecule has 0 saturated carbocycles. The van der Waals surface area contributed by atoms with E-state index in [1.807, 2.05) is 4.90 Å². The maximum atomic E-state index is 12.6. The van der Waals surface area contributed by atoms with Gasteiger partial charge in [0.15, 0.2) is 0 Å². The third kappa shape index (κ3) is 4.20. The fraction of sp³-hybridized carbons (Fsp3) is 0.350. The fourth-order valence-corrected chi connectivity index (χ4v) is 3.76. The Morgan fingerprint density at radius 3 is 2.57 bits per heavy atom. The largest absolute Gasteiger partial charge is 0.339 e. The highest BCUT2D eigenvalue weighted by molar-refractivity contribution is 6.31. The van der Waals surface area contributed by atoms with Crippen molar-refractivity contribution in [3.8, 4) is 0 Å². The van der Waals surface area contributed by atoms with Gasteiger partial charge in [-0.05, 0) is 30.7 Å². The van der Waals surface area contributed by atoms with Crippen molar-refractivity contribution in [3.05, 3.63) is 62.5 Å². The minimum Gasteiger partial charge on any atom is -0.339 e. The number of anilines is 1. The molecule has 9 nitrogen and oxygen atoms in total. The Balaban J connectivity index is 1.34. The number of fused-ring (bicyclic) bond motifs is 1. The van der Waals surface area contributed by atoms with Gasteiger partial charge in [0.25, 0.3) is 5.56 Å². The average molecular weight is 429 g/mol. The van der Waals surface area contributed by atoms with Gasteiger partial charge in [-0.2, -0.15) is 0 Å². The first kappa shape index (κ1) is 20.1. The predicted molar refractivity (Wildman–Crippen MR) is 114 cm³/mol. The Labute approximate surface area is 176 Å². The van der Waals surface area contributed by atoms with Crippen molar-refractivity contribution in [1.29, 1.82) is 0 Å². The molecule has 30 heavy (non-hydrogen) atoms. The number of piperazine rings is 1. The van der Waals surface area contributed by atoms with Crippen LogP contribution in [-0.2, 0) is 11.3 Å². The Bertz CT molecular complexity index is 1170. The van der Waals surface area contributed by atoms with Gasteiger partial charge < -0.3 is 14.8 Å². The normalized spacial score (nSPS) is 14.3. The van der Waals surface area contributed by atoms with Crippen molar-refractivity contribution < 1.29 is 4.79 Å². The Kier molecular flexibility index (Phi) is 5.80. The molecule has 0 unspecified atom stereocenters. The van der Waals surface area contributed by atoms with Crippen LogP contribution in [0.25, 0.3) is 10.9 Å². The molecule has 0 aliphatic carbocycles. The number of rotatable bonds is 5. The summed E-state index contributed by atoms with van der Waals surface area (Å²) in [6.07, 6.45) is 4.07. The second kappa shape index (κ2) is 8.66. The molecule has 1 fully saturated rings. The number of halogens is 1.